The zero-order valence-electron chi connectivity index (χ0n) is 5.81. The zero-order chi connectivity index (χ0) is 6.41. The van der Waals surface area contributed by atoms with Crippen LogP contribution in [0.25, 0.3) is 0 Å². The number of rotatable bonds is 4. The average Bonchev–Trinajstić information content (AvgIpc) is 1.68. The molecule has 49 valence electrons. The van der Waals surface area contributed by atoms with E-state index in [1.807, 2.05) is 11.8 Å². The lowest BCUT2D eigenvalue weighted by atomic mass is 10.3. The van der Waals surface area contributed by atoms with E-state index in [1.54, 1.807) is 0 Å². The molecule has 8 heavy (non-hydrogen) atoms. The van der Waals surface area contributed by atoms with Gasteiger partial charge in [-0.3, -0.25) is 0 Å². The summed E-state index contributed by atoms with van der Waals surface area (Å²) in [7, 11) is 0. The maximum absolute atomic E-state index is 3.77. The van der Waals surface area contributed by atoms with Gasteiger partial charge in [0.25, 0.3) is 0 Å². The topological polar surface area (TPSA) is 0 Å². The molecule has 1 heteroatoms. The first kappa shape index (κ1) is 8.35. The summed E-state index contributed by atoms with van der Waals surface area (Å²) in [4.78, 5) is 0. The summed E-state index contributed by atoms with van der Waals surface area (Å²) in [6, 6.07) is 0. The lowest BCUT2D eigenvalue weighted by Crippen LogP contribution is -1.94. The largest absolute Gasteiger partial charge is 0.159 e. The van der Waals surface area contributed by atoms with E-state index in [0.717, 1.165) is 11.0 Å². The molecule has 0 aliphatic rings. The van der Waals surface area contributed by atoms with Crippen molar-refractivity contribution in [1.29, 1.82) is 0 Å². The molecule has 0 fully saturated rings. The highest BCUT2D eigenvalue weighted by Gasteiger charge is 1.96. The third-order valence-electron chi connectivity index (χ3n) is 1.10. The molecule has 1 atom stereocenters. The second-order valence-corrected chi connectivity index (χ2v) is 3.52. The van der Waals surface area contributed by atoms with Crippen molar-refractivity contribution < 1.29 is 0 Å². The third kappa shape index (κ3) is 4.51. The second kappa shape index (κ2) is 5.49. The predicted molar refractivity (Wildman–Crippen MR) is 42.2 cm³/mol. The van der Waals surface area contributed by atoms with Crippen LogP contribution in [0.2, 0.25) is 0 Å². The Hall–Kier alpha value is 0.350. The Balaban J connectivity index is 2.92. The van der Waals surface area contributed by atoms with Crippen molar-refractivity contribution in [3.63, 3.8) is 0 Å². The van der Waals surface area contributed by atoms with Gasteiger partial charge in [-0.2, -0.15) is 11.8 Å². The fourth-order valence-corrected chi connectivity index (χ4v) is 1.50. The van der Waals surface area contributed by atoms with Crippen LogP contribution >= 0.6 is 11.8 Å². The fraction of sp³-hybridized carbons (Fsp3) is 0.857. The molecule has 0 heterocycles. The minimum absolute atomic E-state index is 0.817. The van der Waals surface area contributed by atoms with E-state index in [1.165, 1.54) is 12.8 Å². The Morgan fingerprint density at radius 3 is 2.62 bits per heavy atom. The van der Waals surface area contributed by atoms with E-state index < -0.39 is 0 Å². The van der Waals surface area contributed by atoms with Crippen molar-refractivity contribution in [2.24, 2.45) is 0 Å². The van der Waals surface area contributed by atoms with Gasteiger partial charge in [0, 0.05) is 5.25 Å². The van der Waals surface area contributed by atoms with Gasteiger partial charge in [0.05, 0.1) is 0 Å². The van der Waals surface area contributed by atoms with E-state index in [4.69, 9.17) is 0 Å². The molecule has 0 aliphatic carbocycles. The number of hydrogen-bond acceptors (Lipinski definition) is 1. The fourth-order valence-electron chi connectivity index (χ4n) is 0.691. The van der Waals surface area contributed by atoms with Crippen LogP contribution in [0.15, 0.2) is 0 Å². The van der Waals surface area contributed by atoms with Crippen LogP contribution in [-0.4, -0.2) is 11.0 Å². The summed E-state index contributed by atoms with van der Waals surface area (Å²) in [6.07, 6.45) is 2.63. The van der Waals surface area contributed by atoms with Crippen LogP contribution in [-0.2, 0) is 0 Å². The second-order valence-electron chi connectivity index (χ2n) is 1.97. The first-order valence-corrected chi connectivity index (χ1v) is 4.27. The molecule has 0 saturated heterocycles. The molecule has 1 unspecified atom stereocenters. The van der Waals surface area contributed by atoms with E-state index in [0.29, 0.717) is 0 Å². The van der Waals surface area contributed by atoms with Gasteiger partial charge in [-0.15, -0.1) is 0 Å². The first-order valence-electron chi connectivity index (χ1n) is 3.22. The number of thioether (sulfide) groups is 1. The summed E-state index contributed by atoms with van der Waals surface area (Å²) in [6.45, 7) is 8.26. The van der Waals surface area contributed by atoms with Gasteiger partial charge in [-0.05, 0) is 19.1 Å². The van der Waals surface area contributed by atoms with Crippen molar-refractivity contribution in [3.05, 3.63) is 6.92 Å². The van der Waals surface area contributed by atoms with Crippen LogP contribution in [0.4, 0.5) is 0 Å². The Morgan fingerprint density at radius 1 is 1.62 bits per heavy atom. The van der Waals surface area contributed by atoms with Gasteiger partial charge >= 0.3 is 0 Å². The zero-order valence-corrected chi connectivity index (χ0v) is 6.63. The van der Waals surface area contributed by atoms with Gasteiger partial charge in [-0.25, -0.2) is 0 Å². The highest BCUT2D eigenvalue weighted by atomic mass is 32.2. The Labute approximate surface area is 57.1 Å². The molecule has 0 saturated carbocycles. The maximum Gasteiger partial charge on any atom is 0.00186 e. The summed E-state index contributed by atoms with van der Waals surface area (Å²) in [5, 5.41) is 0.817. The van der Waals surface area contributed by atoms with Gasteiger partial charge in [0.1, 0.15) is 0 Å². The van der Waals surface area contributed by atoms with E-state index in [9.17, 15) is 0 Å². The average molecular weight is 131 g/mol. The smallest absolute Gasteiger partial charge is 0.00186 e. The van der Waals surface area contributed by atoms with Crippen molar-refractivity contribution in [3.8, 4) is 0 Å². The first-order chi connectivity index (χ1) is 3.81. The molecule has 0 bridgehead atoms. The van der Waals surface area contributed by atoms with Crippen molar-refractivity contribution in [2.75, 3.05) is 5.75 Å². The van der Waals surface area contributed by atoms with Crippen LogP contribution in [0.3, 0.4) is 0 Å². The molecule has 0 aromatic heterocycles. The summed E-state index contributed by atoms with van der Waals surface area (Å²) in [5.41, 5.74) is 0. The third-order valence-corrected chi connectivity index (χ3v) is 2.14. The molecule has 1 radical (unpaired) electrons. The SMILES string of the molecule is [CH2]CSC(C)CCC. The van der Waals surface area contributed by atoms with Crippen molar-refractivity contribution >= 4 is 11.8 Å². The minimum Gasteiger partial charge on any atom is -0.159 e. The summed E-state index contributed by atoms with van der Waals surface area (Å²) < 4.78 is 0. The Kier molecular flexibility index (Phi) is 5.73. The van der Waals surface area contributed by atoms with Crippen LogP contribution in [0.5, 0.6) is 0 Å². The van der Waals surface area contributed by atoms with Crippen LogP contribution < -0.4 is 0 Å². The standard InChI is InChI=1S/C7H15S/c1-4-6-7(3)8-5-2/h7H,2,4-6H2,1,3H3. The van der Waals surface area contributed by atoms with Crippen LogP contribution in [0.1, 0.15) is 26.7 Å². The molecule has 0 nitrogen and oxygen atoms in total. The lowest BCUT2D eigenvalue weighted by Gasteiger charge is -2.05. The predicted octanol–water partition coefficient (Wildman–Crippen LogP) is 2.74. The van der Waals surface area contributed by atoms with E-state index in [2.05, 4.69) is 20.8 Å². The number of hydrogen-bond donors (Lipinski definition) is 0. The molecule has 0 amide bonds. The molecule has 0 aliphatic heterocycles. The molecular weight excluding hydrogens is 116 g/mol. The van der Waals surface area contributed by atoms with Gasteiger partial charge in [0.2, 0.25) is 0 Å². The highest BCUT2D eigenvalue weighted by Crippen LogP contribution is 2.13. The Bertz CT molecular complexity index is 37.7. The molecule has 0 aromatic rings. The Morgan fingerprint density at radius 2 is 2.25 bits per heavy atom. The van der Waals surface area contributed by atoms with Crippen molar-refractivity contribution in [1.82, 2.24) is 0 Å². The van der Waals surface area contributed by atoms with Crippen LogP contribution in [0, 0.1) is 6.92 Å². The van der Waals surface area contributed by atoms with E-state index in [-0.39, 0.29) is 0 Å². The lowest BCUT2D eigenvalue weighted by molar-refractivity contribution is 0.788. The minimum atomic E-state index is 0.817. The van der Waals surface area contributed by atoms with E-state index >= 15 is 0 Å². The molecule has 0 aromatic carbocycles. The normalized spacial score (nSPS) is 13.9. The summed E-state index contributed by atoms with van der Waals surface area (Å²) >= 11 is 1.94. The monoisotopic (exact) mass is 131 g/mol. The highest BCUT2D eigenvalue weighted by molar-refractivity contribution is 7.99. The molecule has 0 spiro atoms. The quantitative estimate of drug-likeness (QED) is 0.565. The van der Waals surface area contributed by atoms with Gasteiger partial charge < -0.3 is 0 Å². The van der Waals surface area contributed by atoms with Gasteiger partial charge in [-0.1, -0.05) is 20.3 Å². The van der Waals surface area contributed by atoms with Gasteiger partial charge in [0.15, 0.2) is 0 Å². The molecular formula is C7H15S. The maximum atomic E-state index is 3.77. The molecule has 0 N–H and O–H groups in total. The van der Waals surface area contributed by atoms with Crippen molar-refractivity contribution in [2.45, 2.75) is 31.9 Å². The summed E-state index contributed by atoms with van der Waals surface area (Å²) in [5.74, 6) is 1.02. The molecule has 0 rings (SSSR count).